The summed E-state index contributed by atoms with van der Waals surface area (Å²) in [4.78, 5) is 26.9. The summed E-state index contributed by atoms with van der Waals surface area (Å²) in [7, 11) is 2.81. The largest absolute Gasteiger partial charge is 0.496 e. The number of nitrogens with one attached hydrogen (secondary N) is 1. The molecule has 3 aromatic rings. The van der Waals surface area contributed by atoms with Gasteiger partial charge in [-0.3, -0.25) is 9.59 Å². The number of rotatable bonds is 5. The molecule has 0 aliphatic carbocycles. The highest BCUT2D eigenvalue weighted by atomic mass is 19.4. The number of para-hydroxylation sites is 2. The van der Waals surface area contributed by atoms with E-state index in [1.165, 1.54) is 32.4 Å². The number of hydrogen-bond acceptors (Lipinski definition) is 3. The molecule has 8 heteroatoms. The van der Waals surface area contributed by atoms with Crippen molar-refractivity contribution in [3.63, 3.8) is 0 Å². The molecule has 3 aromatic carbocycles. The van der Waals surface area contributed by atoms with E-state index in [0.29, 0.717) is 5.75 Å². The van der Waals surface area contributed by atoms with Crippen LogP contribution in [-0.2, 0) is 6.18 Å². The molecule has 0 aromatic heterocycles. The lowest BCUT2D eigenvalue weighted by Gasteiger charge is -2.20. The second kappa shape index (κ2) is 8.91. The monoisotopic (exact) mass is 428 g/mol. The maximum Gasteiger partial charge on any atom is 0.416 e. The fraction of sp³-hybridized carbons (Fsp3) is 0.130. The zero-order chi connectivity index (χ0) is 22.6. The molecular formula is C23H19F3N2O3. The molecule has 0 spiro atoms. The third kappa shape index (κ3) is 4.85. The van der Waals surface area contributed by atoms with E-state index >= 15 is 0 Å². The van der Waals surface area contributed by atoms with Crippen LogP contribution in [0.1, 0.15) is 26.3 Å². The standard InChI is InChI=1S/C23H19F3N2O3/c1-28(16-9-7-8-15(14-16)23(24,25)26)22(30)17-10-3-5-12-19(17)27-21(29)18-11-4-6-13-20(18)31-2/h3-14H,1-2H3,(H,27,29). The average molecular weight is 428 g/mol. The van der Waals surface area contributed by atoms with Gasteiger partial charge in [0.15, 0.2) is 0 Å². The molecule has 0 aliphatic heterocycles. The van der Waals surface area contributed by atoms with Crippen molar-refractivity contribution in [3.8, 4) is 5.75 Å². The zero-order valence-electron chi connectivity index (χ0n) is 16.7. The number of nitrogens with zero attached hydrogens (tertiary/aromatic N) is 1. The first-order chi connectivity index (χ1) is 14.7. The molecule has 0 fully saturated rings. The molecule has 5 nitrogen and oxygen atoms in total. The van der Waals surface area contributed by atoms with Crippen LogP contribution in [0, 0.1) is 0 Å². The highest BCUT2D eigenvalue weighted by Crippen LogP contribution is 2.32. The number of amides is 2. The molecule has 0 saturated heterocycles. The van der Waals surface area contributed by atoms with Gasteiger partial charge < -0.3 is 15.0 Å². The number of halogens is 3. The third-order valence-corrected chi connectivity index (χ3v) is 4.62. The Morgan fingerprint density at radius 3 is 2.23 bits per heavy atom. The number of benzene rings is 3. The zero-order valence-corrected chi connectivity index (χ0v) is 16.7. The molecular weight excluding hydrogens is 409 g/mol. The summed E-state index contributed by atoms with van der Waals surface area (Å²) in [6, 6.07) is 17.3. The first-order valence-corrected chi connectivity index (χ1v) is 9.21. The van der Waals surface area contributed by atoms with Crippen LogP contribution in [0.15, 0.2) is 72.8 Å². The molecule has 0 bridgehead atoms. The summed E-state index contributed by atoms with van der Waals surface area (Å²) >= 11 is 0. The number of alkyl halides is 3. The van der Waals surface area contributed by atoms with E-state index in [9.17, 15) is 22.8 Å². The van der Waals surface area contributed by atoms with Crippen LogP contribution in [0.25, 0.3) is 0 Å². The van der Waals surface area contributed by atoms with Crippen LogP contribution in [-0.4, -0.2) is 26.0 Å². The van der Waals surface area contributed by atoms with Crippen molar-refractivity contribution in [3.05, 3.63) is 89.5 Å². The minimum Gasteiger partial charge on any atom is -0.496 e. The Morgan fingerprint density at radius 2 is 1.55 bits per heavy atom. The topological polar surface area (TPSA) is 58.6 Å². The number of hydrogen-bond donors (Lipinski definition) is 1. The van der Waals surface area contributed by atoms with Crippen LogP contribution in [0.5, 0.6) is 5.75 Å². The van der Waals surface area contributed by atoms with Crippen molar-refractivity contribution in [1.82, 2.24) is 0 Å². The fourth-order valence-corrected chi connectivity index (χ4v) is 2.99. The van der Waals surface area contributed by atoms with Crippen molar-refractivity contribution in [1.29, 1.82) is 0 Å². The molecule has 160 valence electrons. The predicted molar refractivity (Wildman–Crippen MR) is 112 cm³/mol. The van der Waals surface area contributed by atoms with Gasteiger partial charge in [-0.05, 0) is 42.5 Å². The fourth-order valence-electron chi connectivity index (χ4n) is 2.99. The van der Waals surface area contributed by atoms with Crippen LogP contribution >= 0.6 is 0 Å². The Kier molecular flexibility index (Phi) is 6.29. The SMILES string of the molecule is COc1ccccc1C(=O)Nc1ccccc1C(=O)N(C)c1cccc(C(F)(F)F)c1. The summed E-state index contributed by atoms with van der Waals surface area (Å²) in [5, 5.41) is 2.68. The highest BCUT2D eigenvalue weighted by molar-refractivity contribution is 6.13. The second-order valence-electron chi connectivity index (χ2n) is 6.61. The summed E-state index contributed by atoms with van der Waals surface area (Å²) in [6.07, 6.45) is -4.53. The number of carbonyl (C=O) groups excluding carboxylic acids is 2. The van der Waals surface area contributed by atoms with Crippen molar-refractivity contribution in [2.24, 2.45) is 0 Å². The van der Waals surface area contributed by atoms with E-state index in [-0.39, 0.29) is 22.5 Å². The third-order valence-electron chi connectivity index (χ3n) is 4.62. The summed E-state index contributed by atoms with van der Waals surface area (Å²) in [5.41, 5.74) is -0.153. The first kappa shape index (κ1) is 21.9. The van der Waals surface area contributed by atoms with E-state index in [4.69, 9.17) is 4.74 Å². The Balaban J connectivity index is 1.89. The maximum absolute atomic E-state index is 13.0. The van der Waals surface area contributed by atoms with Gasteiger partial charge in [-0.25, -0.2) is 0 Å². The molecule has 3 rings (SSSR count). The van der Waals surface area contributed by atoms with E-state index < -0.39 is 23.6 Å². The molecule has 0 heterocycles. The van der Waals surface area contributed by atoms with Gasteiger partial charge in [0.25, 0.3) is 11.8 Å². The van der Waals surface area contributed by atoms with Gasteiger partial charge in [0.1, 0.15) is 5.75 Å². The normalized spacial score (nSPS) is 11.0. The lowest BCUT2D eigenvalue weighted by molar-refractivity contribution is -0.137. The average Bonchev–Trinajstić information content (AvgIpc) is 2.78. The Bertz CT molecular complexity index is 1110. The molecule has 31 heavy (non-hydrogen) atoms. The van der Waals surface area contributed by atoms with Crippen molar-refractivity contribution in [2.45, 2.75) is 6.18 Å². The van der Waals surface area contributed by atoms with E-state index in [2.05, 4.69) is 5.32 Å². The lowest BCUT2D eigenvalue weighted by atomic mass is 10.1. The summed E-state index contributed by atoms with van der Waals surface area (Å²) < 4.78 is 44.3. The van der Waals surface area contributed by atoms with Gasteiger partial charge in [0.05, 0.1) is 29.5 Å². The quantitative estimate of drug-likeness (QED) is 0.605. The smallest absolute Gasteiger partial charge is 0.416 e. The van der Waals surface area contributed by atoms with Gasteiger partial charge in [0.2, 0.25) is 0 Å². The van der Waals surface area contributed by atoms with E-state index in [1.807, 2.05) is 0 Å². The van der Waals surface area contributed by atoms with E-state index in [0.717, 1.165) is 17.0 Å². The molecule has 1 N–H and O–H groups in total. The minimum atomic E-state index is -4.53. The number of methoxy groups -OCH3 is 1. The molecule has 0 radical (unpaired) electrons. The molecule has 0 atom stereocenters. The molecule has 2 amide bonds. The first-order valence-electron chi connectivity index (χ1n) is 9.21. The van der Waals surface area contributed by atoms with E-state index in [1.54, 1.807) is 42.5 Å². The highest BCUT2D eigenvalue weighted by Gasteiger charge is 2.31. The Hall–Kier alpha value is -3.81. The summed E-state index contributed by atoms with van der Waals surface area (Å²) in [6.45, 7) is 0. The van der Waals surface area contributed by atoms with Gasteiger partial charge in [0, 0.05) is 12.7 Å². The lowest BCUT2D eigenvalue weighted by Crippen LogP contribution is -2.28. The van der Waals surface area contributed by atoms with Crippen molar-refractivity contribution < 1.29 is 27.5 Å². The van der Waals surface area contributed by atoms with Crippen LogP contribution in [0.3, 0.4) is 0 Å². The summed E-state index contributed by atoms with van der Waals surface area (Å²) in [5.74, 6) is -0.695. The molecule has 0 saturated carbocycles. The predicted octanol–water partition coefficient (Wildman–Crippen LogP) is 5.24. The number of carbonyl (C=O) groups is 2. The van der Waals surface area contributed by atoms with Crippen LogP contribution in [0.2, 0.25) is 0 Å². The number of anilines is 2. The Morgan fingerprint density at radius 1 is 0.903 bits per heavy atom. The van der Waals surface area contributed by atoms with Crippen molar-refractivity contribution >= 4 is 23.2 Å². The number of ether oxygens (including phenoxy) is 1. The maximum atomic E-state index is 13.0. The van der Waals surface area contributed by atoms with Crippen LogP contribution in [0.4, 0.5) is 24.5 Å². The van der Waals surface area contributed by atoms with Crippen molar-refractivity contribution in [2.75, 3.05) is 24.4 Å². The second-order valence-corrected chi connectivity index (χ2v) is 6.61. The molecule has 0 aliphatic rings. The molecule has 0 unspecified atom stereocenters. The van der Waals surface area contributed by atoms with Gasteiger partial charge in [-0.2, -0.15) is 13.2 Å². The van der Waals surface area contributed by atoms with Crippen LogP contribution < -0.4 is 15.0 Å². The Labute approximate surface area is 177 Å². The van der Waals surface area contributed by atoms with Gasteiger partial charge >= 0.3 is 6.18 Å². The van der Waals surface area contributed by atoms with Gasteiger partial charge in [-0.15, -0.1) is 0 Å². The van der Waals surface area contributed by atoms with Gasteiger partial charge in [-0.1, -0.05) is 30.3 Å². The minimum absolute atomic E-state index is 0.0747.